The van der Waals surface area contributed by atoms with Gasteiger partial charge in [-0.1, -0.05) is 43.7 Å². The van der Waals surface area contributed by atoms with Crippen LogP contribution in [-0.2, 0) is 17.8 Å². The molecule has 0 radical (unpaired) electrons. The maximum Gasteiger partial charge on any atom is 0.251 e. The standard InChI is InChI=1S/C23H31N3O2/c1-3-4-12-19-22(18-10-6-5-7-11-18)21(23(24)28)17(2)26(19)16-9-15-25-14-8-13-20(25)27/h5-7,10-11H,3-4,8-9,12-16H2,1-2H3,(H2,24,28). The van der Waals surface area contributed by atoms with Crippen LogP contribution in [0.3, 0.4) is 0 Å². The van der Waals surface area contributed by atoms with E-state index in [1.165, 1.54) is 5.69 Å². The number of amides is 2. The van der Waals surface area contributed by atoms with E-state index < -0.39 is 0 Å². The summed E-state index contributed by atoms with van der Waals surface area (Å²) in [6.07, 6.45) is 5.59. The van der Waals surface area contributed by atoms with Crippen molar-refractivity contribution in [2.45, 2.75) is 58.9 Å². The molecule has 1 fully saturated rings. The molecular formula is C23H31N3O2. The van der Waals surface area contributed by atoms with Gasteiger partial charge in [-0.15, -0.1) is 0 Å². The minimum Gasteiger partial charge on any atom is -0.366 e. The minimum atomic E-state index is -0.373. The number of nitrogens with two attached hydrogens (primary N) is 1. The first-order valence-electron chi connectivity index (χ1n) is 10.4. The Morgan fingerprint density at radius 2 is 1.89 bits per heavy atom. The number of primary amides is 1. The van der Waals surface area contributed by atoms with E-state index in [1.807, 2.05) is 42.2 Å². The Balaban J connectivity index is 1.95. The van der Waals surface area contributed by atoms with Gasteiger partial charge in [0.05, 0.1) is 5.56 Å². The van der Waals surface area contributed by atoms with Crippen LogP contribution in [0.5, 0.6) is 0 Å². The minimum absolute atomic E-state index is 0.262. The fraction of sp³-hybridized carbons (Fsp3) is 0.478. The predicted octanol–water partition coefficient (Wildman–Crippen LogP) is 3.92. The van der Waals surface area contributed by atoms with E-state index in [-0.39, 0.29) is 11.8 Å². The highest BCUT2D eigenvalue weighted by molar-refractivity contribution is 6.02. The number of benzene rings is 1. The average Bonchev–Trinajstić information content (AvgIpc) is 3.22. The van der Waals surface area contributed by atoms with Gasteiger partial charge in [-0.05, 0) is 38.2 Å². The number of carbonyl (C=O) groups is 2. The zero-order valence-electron chi connectivity index (χ0n) is 17.0. The van der Waals surface area contributed by atoms with E-state index in [2.05, 4.69) is 11.5 Å². The second kappa shape index (κ2) is 9.09. The second-order valence-corrected chi connectivity index (χ2v) is 7.61. The smallest absolute Gasteiger partial charge is 0.251 e. The van der Waals surface area contributed by atoms with Gasteiger partial charge < -0.3 is 15.2 Å². The van der Waals surface area contributed by atoms with Crippen LogP contribution < -0.4 is 5.73 Å². The van der Waals surface area contributed by atoms with E-state index in [0.29, 0.717) is 12.0 Å². The highest BCUT2D eigenvalue weighted by Crippen LogP contribution is 2.34. The van der Waals surface area contributed by atoms with Gasteiger partial charge in [0, 0.05) is 43.0 Å². The van der Waals surface area contributed by atoms with E-state index in [4.69, 9.17) is 5.73 Å². The van der Waals surface area contributed by atoms with Crippen LogP contribution in [0.1, 0.15) is 60.8 Å². The Morgan fingerprint density at radius 3 is 2.50 bits per heavy atom. The van der Waals surface area contributed by atoms with Gasteiger partial charge in [-0.2, -0.15) is 0 Å². The van der Waals surface area contributed by atoms with Crippen molar-refractivity contribution in [1.82, 2.24) is 9.47 Å². The Bertz CT molecular complexity index is 839. The molecule has 0 saturated carbocycles. The Morgan fingerprint density at radius 1 is 1.14 bits per heavy atom. The first kappa shape index (κ1) is 20.2. The lowest BCUT2D eigenvalue weighted by molar-refractivity contribution is -0.127. The summed E-state index contributed by atoms with van der Waals surface area (Å²) in [5, 5.41) is 0. The third-order valence-corrected chi connectivity index (χ3v) is 5.69. The molecule has 0 bridgehead atoms. The quantitative estimate of drug-likeness (QED) is 0.715. The van der Waals surface area contributed by atoms with Gasteiger partial charge in [-0.3, -0.25) is 9.59 Å². The van der Waals surface area contributed by atoms with Crippen LogP contribution in [0.25, 0.3) is 11.1 Å². The first-order valence-corrected chi connectivity index (χ1v) is 10.4. The molecule has 1 aliphatic heterocycles. The molecule has 2 aromatic rings. The van der Waals surface area contributed by atoms with Crippen molar-refractivity contribution in [1.29, 1.82) is 0 Å². The maximum absolute atomic E-state index is 12.3. The number of carbonyl (C=O) groups excluding carboxylic acids is 2. The molecule has 0 atom stereocenters. The predicted molar refractivity (Wildman–Crippen MR) is 112 cm³/mol. The van der Waals surface area contributed by atoms with Crippen LogP contribution in [0, 0.1) is 6.92 Å². The van der Waals surface area contributed by atoms with Crippen molar-refractivity contribution >= 4 is 11.8 Å². The SMILES string of the molecule is CCCCc1c(-c2ccccc2)c(C(N)=O)c(C)n1CCCN1CCCC1=O. The number of aromatic nitrogens is 1. The molecule has 1 aliphatic rings. The van der Waals surface area contributed by atoms with Gasteiger partial charge in [0.1, 0.15) is 0 Å². The molecule has 3 rings (SSSR count). The van der Waals surface area contributed by atoms with Crippen LogP contribution in [0.15, 0.2) is 30.3 Å². The second-order valence-electron chi connectivity index (χ2n) is 7.61. The fourth-order valence-corrected chi connectivity index (χ4v) is 4.28. The van der Waals surface area contributed by atoms with E-state index in [0.717, 1.165) is 68.6 Å². The summed E-state index contributed by atoms with van der Waals surface area (Å²) in [5.41, 5.74) is 10.6. The molecule has 1 saturated heterocycles. The van der Waals surface area contributed by atoms with Crippen molar-refractivity contribution in [3.8, 4) is 11.1 Å². The van der Waals surface area contributed by atoms with Crippen molar-refractivity contribution in [2.24, 2.45) is 5.73 Å². The molecule has 28 heavy (non-hydrogen) atoms. The summed E-state index contributed by atoms with van der Waals surface area (Å²) in [5.74, 6) is -0.110. The zero-order chi connectivity index (χ0) is 20.1. The van der Waals surface area contributed by atoms with Gasteiger partial charge >= 0.3 is 0 Å². The molecule has 5 heteroatoms. The van der Waals surface area contributed by atoms with Crippen molar-refractivity contribution in [2.75, 3.05) is 13.1 Å². The van der Waals surface area contributed by atoms with Crippen molar-refractivity contribution in [3.05, 3.63) is 47.3 Å². The van der Waals surface area contributed by atoms with E-state index in [1.54, 1.807) is 0 Å². The van der Waals surface area contributed by atoms with Crippen LogP contribution in [0.4, 0.5) is 0 Å². The van der Waals surface area contributed by atoms with Gasteiger partial charge in [-0.25, -0.2) is 0 Å². The highest BCUT2D eigenvalue weighted by Gasteiger charge is 2.25. The molecule has 5 nitrogen and oxygen atoms in total. The van der Waals surface area contributed by atoms with Crippen LogP contribution in [-0.4, -0.2) is 34.4 Å². The lowest BCUT2D eigenvalue weighted by Crippen LogP contribution is -2.26. The number of rotatable bonds is 9. The molecule has 0 spiro atoms. The molecule has 2 amide bonds. The van der Waals surface area contributed by atoms with Crippen molar-refractivity contribution < 1.29 is 9.59 Å². The van der Waals surface area contributed by atoms with Crippen LogP contribution >= 0.6 is 0 Å². The number of unbranched alkanes of at least 4 members (excludes halogenated alkanes) is 1. The molecular weight excluding hydrogens is 350 g/mol. The average molecular weight is 382 g/mol. The Labute approximate surface area is 167 Å². The van der Waals surface area contributed by atoms with Gasteiger partial charge in [0.2, 0.25) is 5.91 Å². The lowest BCUT2D eigenvalue weighted by Gasteiger charge is -2.17. The molecule has 1 aromatic carbocycles. The monoisotopic (exact) mass is 381 g/mol. The first-order chi connectivity index (χ1) is 13.5. The summed E-state index contributed by atoms with van der Waals surface area (Å²) < 4.78 is 2.26. The Kier molecular flexibility index (Phi) is 6.55. The lowest BCUT2D eigenvalue weighted by atomic mass is 9.98. The van der Waals surface area contributed by atoms with Crippen LogP contribution in [0.2, 0.25) is 0 Å². The maximum atomic E-state index is 12.3. The summed E-state index contributed by atoms with van der Waals surface area (Å²) in [7, 11) is 0. The number of hydrogen-bond donors (Lipinski definition) is 1. The number of nitrogens with zero attached hydrogens (tertiary/aromatic N) is 2. The number of likely N-dealkylation sites (tertiary alicyclic amines) is 1. The third-order valence-electron chi connectivity index (χ3n) is 5.69. The van der Waals surface area contributed by atoms with Crippen molar-refractivity contribution in [3.63, 3.8) is 0 Å². The summed E-state index contributed by atoms with van der Waals surface area (Å²) in [6, 6.07) is 10.1. The van der Waals surface area contributed by atoms with E-state index >= 15 is 0 Å². The molecule has 0 aliphatic carbocycles. The largest absolute Gasteiger partial charge is 0.366 e. The zero-order valence-corrected chi connectivity index (χ0v) is 17.0. The summed E-state index contributed by atoms with van der Waals surface area (Å²) in [4.78, 5) is 26.2. The van der Waals surface area contributed by atoms with Gasteiger partial charge in [0.25, 0.3) is 5.91 Å². The number of hydrogen-bond acceptors (Lipinski definition) is 2. The third kappa shape index (κ3) is 4.13. The highest BCUT2D eigenvalue weighted by atomic mass is 16.2. The fourth-order valence-electron chi connectivity index (χ4n) is 4.28. The van der Waals surface area contributed by atoms with E-state index in [9.17, 15) is 9.59 Å². The molecule has 0 unspecified atom stereocenters. The molecule has 2 N–H and O–H groups in total. The topological polar surface area (TPSA) is 68.3 Å². The molecule has 1 aromatic heterocycles. The normalized spacial score (nSPS) is 14.1. The Hall–Kier alpha value is -2.56. The summed E-state index contributed by atoms with van der Waals surface area (Å²) in [6.45, 7) is 6.60. The molecule has 150 valence electrons. The molecule has 2 heterocycles. The summed E-state index contributed by atoms with van der Waals surface area (Å²) >= 11 is 0. The van der Waals surface area contributed by atoms with Gasteiger partial charge in [0.15, 0.2) is 0 Å².